The van der Waals surface area contributed by atoms with Crippen LogP contribution in [-0.4, -0.2) is 127 Å². The van der Waals surface area contributed by atoms with Gasteiger partial charge >= 0.3 is 5.97 Å². The molecular weight excluding hydrogens is 849 g/mol. The Labute approximate surface area is 383 Å². The highest BCUT2D eigenvalue weighted by atomic mass is 35.5. The molecule has 358 valence electrons. The molecule has 5 rings (SSSR count). The van der Waals surface area contributed by atoms with Crippen molar-refractivity contribution in [1.82, 2.24) is 4.90 Å². The highest BCUT2D eigenvalue weighted by Gasteiger charge is 2.57. The van der Waals surface area contributed by atoms with Crippen LogP contribution in [0.4, 0.5) is 4.39 Å². The summed E-state index contributed by atoms with van der Waals surface area (Å²) in [6.45, 7) is 10.3. The van der Waals surface area contributed by atoms with E-state index in [0.29, 0.717) is 54.0 Å². The SMILES string of the molecule is CCC1C=C(C)C(F)C(C)CC(OC)C2OC(O)(C(=O)C(=O)N3CCCCC3C(=O)OC(C(C)=CC3CCC(Oc4ccc(Cl)cc4)C(OC)C3)C(C)C(O)CC1=O)C(C)CC2OC. The molecule has 1 saturated carbocycles. The first-order valence-electron chi connectivity index (χ1n) is 23.0. The number of methoxy groups -OCH3 is 3. The molecule has 15 heteroatoms. The summed E-state index contributed by atoms with van der Waals surface area (Å²) in [6.07, 6.45) is 0.221. The van der Waals surface area contributed by atoms with Crippen LogP contribution in [0.1, 0.15) is 106 Å². The molecule has 0 spiro atoms. The summed E-state index contributed by atoms with van der Waals surface area (Å²) in [5, 5.41) is 24.5. The lowest BCUT2D eigenvalue weighted by Crippen LogP contribution is -2.64. The van der Waals surface area contributed by atoms with E-state index in [2.05, 4.69) is 0 Å². The molecule has 2 bridgehead atoms. The second kappa shape index (κ2) is 23.0. The van der Waals surface area contributed by atoms with E-state index in [1.165, 1.54) is 14.2 Å². The molecule has 15 unspecified atom stereocenters. The van der Waals surface area contributed by atoms with Gasteiger partial charge in [-0.1, -0.05) is 51.4 Å². The number of ether oxygens (including phenoxy) is 6. The Bertz CT molecular complexity index is 1830. The summed E-state index contributed by atoms with van der Waals surface area (Å²) in [7, 11) is 4.52. The van der Waals surface area contributed by atoms with Crippen LogP contribution in [-0.2, 0) is 42.9 Å². The van der Waals surface area contributed by atoms with Crippen molar-refractivity contribution in [2.75, 3.05) is 27.9 Å². The Kier molecular flexibility index (Phi) is 18.6. The number of allylic oxidation sites excluding steroid dienone is 3. The molecular formula is C49H71ClFNO12. The molecule has 64 heavy (non-hydrogen) atoms. The number of amides is 1. The average molecular weight is 921 g/mol. The van der Waals surface area contributed by atoms with Gasteiger partial charge in [-0.05, 0) is 119 Å². The molecule has 1 aromatic carbocycles. The van der Waals surface area contributed by atoms with Crippen LogP contribution in [0.15, 0.2) is 47.6 Å². The number of benzene rings is 1. The minimum Gasteiger partial charge on any atom is -0.488 e. The van der Waals surface area contributed by atoms with Crippen LogP contribution in [0.3, 0.4) is 0 Å². The number of fused-ring (bicyclic) bond motifs is 3. The lowest BCUT2D eigenvalue weighted by molar-refractivity contribution is -0.302. The number of piperidine rings is 1. The van der Waals surface area contributed by atoms with Crippen LogP contribution in [0, 0.1) is 29.6 Å². The van der Waals surface area contributed by atoms with Crippen molar-refractivity contribution in [2.24, 2.45) is 29.6 Å². The van der Waals surface area contributed by atoms with Crippen LogP contribution in [0.25, 0.3) is 0 Å². The third-order valence-electron chi connectivity index (χ3n) is 14.2. The summed E-state index contributed by atoms with van der Waals surface area (Å²) >= 11 is 6.08. The zero-order valence-corrected chi connectivity index (χ0v) is 39.8. The Morgan fingerprint density at radius 3 is 2.23 bits per heavy atom. The quantitative estimate of drug-likeness (QED) is 0.154. The molecule has 2 N–H and O–H groups in total. The van der Waals surface area contributed by atoms with Crippen molar-refractivity contribution in [1.29, 1.82) is 0 Å². The summed E-state index contributed by atoms with van der Waals surface area (Å²) in [5.74, 6) is -8.44. The molecule has 1 aliphatic carbocycles. The number of nitrogens with zero attached hydrogens (tertiary/aromatic N) is 1. The summed E-state index contributed by atoms with van der Waals surface area (Å²) < 4.78 is 52.6. The van der Waals surface area contributed by atoms with E-state index in [0.717, 1.165) is 11.3 Å². The van der Waals surface area contributed by atoms with Gasteiger partial charge in [-0.25, -0.2) is 9.18 Å². The predicted molar refractivity (Wildman–Crippen MR) is 238 cm³/mol. The van der Waals surface area contributed by atoms with Gasteiger partial charge in [0.2, 0.25) is 5.79 Å². The smallest absolute Gasteiger partial charge is 0.329 e. The van der Waals surface area contributed by atoms with Gasteiger partial charge in [-0.2, -0.15) is 0 Å². The topological polar surface area (TPSA) is 167 Å². The maximum absolute atomic E-state index is 16.3. The van der Waals surface area contributed by atoms with Crippen molar-refractivity contribution < 1.29 is 62.2 Å². The molecule has 4 aliphatic rings. The highest BCUT2D eigenvalue weighted by Crippen LogP contribution is 2.40. The van der Waals surface area contributed by atoms with Crippen LogP contribution in [0.5, 0.6) is 5.75 Å². The number of ketones is 2. The molecule has 0 radical (unpaired) electrons. The first kappa shape index (κ1) is 51.7. The number of halogens is 2. The van der Waals surface area contributed by atoms with Gasteiger partial charge in [0.25, 0.3) is 11.7 Å². The fourth-order valence-electron chi connectivity index (χ4n) is 10.1. The van der Waals surface area contributed by atoms with E-state index in [1.54, 1.807) is 53.0 Å². The van der Waals surface area contributed by atoms with Gasteiger partial charge in [0.1, 0.15) is 42.1 Å². The van der Waals surface area contributed by atoms with Gasteiger partial charge in [-0.3, -0.25) is 14.4 Å². The van der Waals surface area contributed by atoms with Crippen molar-refractivity contribution in [3.8, 4) is 5.75 Å². The third-order valence-corrected chi connectivity index (χ3v) is 14.4. The van der Waals surface area contributed by atoms with Crippen molar-refractivity contribution >= 4 is 35.0 Å². The number of Topliss-reactive ketones (excluding diaryl/α,β-unsaturated/α-hetero) is 2. The summed E-state index contributed by atoms with van der Waals surface area (Å²) in [6, 6.07) is 5.96. The number of rotatable bonds is 8. The van der Waals surface area contributed by atoms with Crippen LogP contribution < -0.4 is 4.74 Å². The number of esters is 1. The van der Waals surface area contributed by atoms with Crippen molar-refractivity contribution in [3.63, 3.8) is 0 Å². The fraction of sp³-hybridized carbons (Fsp3) is 0.714. The largest absolute Gasteiger partial charge is 0.488 e. The van der Waals surface area contributed by atoms with Crippen molar-refractivity contribution in [2.45, 2.75) is 166 Å². The number of hydrogen-bond acceptors (Lipinski definition) is 12. The van der Waals surface area contributed by atoms with Gasteiger partial charge in [0.15, 0.2) is 0 Å². The number of cyclic esters (lactones) is 1. The first-order chi connectivity index (χ1) is 30.4. The molecule has 2 saturated heterocycles. The maximum Gasteiger partial charge on any atom is 0.329 e. The fourth-order valence-corrected chi connectivity index (χ4v) is 10.2. The third kappa shape index (κ3) is 12.0. The Morgan fingerprint density at radius 2 is 1.59 bits per heavy atom. The van der Waals surface area contributed by atoms with Gasteiger partial charge in [0.05, 0.1) is 24.4 Å². The van der Waals surface area contributed by atoms with Crippen molar-refractivity contribution in [3.05, 3.63) is 52.6 Å². The molecule has 15 atom stereocenters. The number of aliphatic hydroxyl groups excluding tert-OH is 1. The lowest BCUT2D eigenvalue weighted by atomic mass is 9.81. The maximum atomic E-state index is 16.3. The average Bonchev–Trinajstić information content (AvgIpc) is 3.29. The van der Waals surface area contributed by atoms with Crippen LogP contribution in [0.2, 0.25) is 5.02 Å². The number of aliphatic hydroxyl groups is 2. The minimum absolute atomic E-state index is 0.0266. The zero-order valence-electron chi connectivity index (χ0n) is 39.0. The molecule has 3 heterocycles. The zero-order chi connectivity index (χ0) is 47.0. The molecule has 3 fully saturated rings. The molecule has 0 aromatic heterocycles. The predicted octanol–water partition coefficient (Wildman–Crippen LogP) is 7.16. The van der Waals surface area contributed by atoms with E-state index in [-0.39, 0.29) is 56.1 Å². The number of carbonyl (C=O) groups excluding carboxylic acids is 4. The number of carbonyl (C=O) groups is 4. The Balaban J connectivity index is 1.50. The van der Waals surface area contributed by atoms with Gasteiger partial charge < -0.3 is 43.5 Å². The number of alkyl halides is 1. The second-order valence-corrected chi connectivity index (χ2v) is 19.1. The second-order valence-electron chi connectivity index (χ2n) is 18.7. The minimum atomic E-state index is -2.61. The first-order valence-corrected chi connectivity index (χ1v) is 23.4. The van der Waals surface area contributed by atoms with Gasteiger partial charge in [-0.15, -0.1) is 0 Å². The van der Waals surface area contributed by atoms with E-state index < -0.39 is 89.9 Å². The van der Waals surface area contributed by atoms with Crippen LogP contribution >= 0.6 is 11.6 Å². The van der Waals surface area contributed by atoms with E-state index >= 15 is 4.39 Å². The van der Waals surface area contributed by atoms with E-state index in [1.807, 2.05) is 32.1 Å². The number of hydrogen-bond donors (Lipinski definition) is 2. The molecule has 3 aliphatic heterocycles. The Hall–Kier alpha value is -3.24. The standard InChI is InChI=1S/C49H71ClFNO12/c1-10-33-22-27(2)43(51)28(3)23-41(60-8)45-42(61-9)24-30(5)49(58,64-45)46(55)47(56)52-20-12-11-13-36(52)48(57)63-44(31(6)37(53)26-38(33)54)29(4)21-32-14-19-39(40(25-32)59-7)62-35-17-15-34(50)16-18-35/h15-18,21-22,28,30-33,36-37,39-45,53,58H,10-14,19-20,23-26H2,1-9H3. The summed E-state index contributed by atoms with van der Waals surface area (Å²) in [4.78, 5) is 58.2. The molecule has 13 nitrogen and oxygen atoms in total. The van der Waals surface area contributed by atoms with E-state index in [9.17, 15) is 29.4 Å². The summed E-state index contributed by atoms with van der Waals surface area (Å²) in [5.41, 5.74) is 0.967. The molecule has 1 amide bonds. The van der Waals surface area contributed by atoms with E-state index in [4.69, 9.17) is 40.0 Å². The lowest BCUT2D eigenvalue weighted by Gasteiger charge is -2.47. The van der Waals surface area contributed by atoms with Gasteiger partial charge in [0, 0.05) is 57.1 Å². The highest BCUT2D eigenvalue weighted by molar-refractivity contribution is 6.39. The molecule has 1 aromatic rings. The normalized spacial score (nSPS) is 38.1. The monoisotopic (exact) mass is 919 g/mol. The Morgan fingerprint density at radius 1 is 0.938 bits per heavy atom.